The first-order valence-corrected chi connectivity index (χ1v) is 9.79. The molecule has 1 saturated heterocycles. The number of nitrogens with one attached hydrogen (secondary N) is 1. The van der Waals surface area contributed by atoms with Gasteiger partial charge in [0.1, 0.15) is 6.61 Å². The number of ether oxygens (including phenoxy) is 2. The Balaban J connectivity index is 1.50. The van der Waals surface area contributed by atoms with Crippen molar-refractivity contribution in [1.29, 1.82) is 0 Å². The lowest BCUT2D eigenvalue weighted by atomic mass is 9.74. The molecular weight excluding hydrogens is 362 g/mol. The van der Waals surface area contributed by atoms with Crippen molar-refractivity contribution in [2.24, 2.45) is 0 Å². The maximum Gasteiger partial charge on any atom is 0.246 e. The van der Waals surface area contributed by atoms with Crippen molar-refractivity contribution in [1.82, 2.24) is 5.32 Å². The van der Waals surface area contributed by atoms with E-state index in [1.165, 1.54) is 5.56 Å². The Labute approximate surface area is 165 Å². The van der Waals surface area contributed by atoms with Gasteiger partial charge in [-0.25, -0.2) is 0 Å². The summed E-state index contributed by atoms with van der Waals surface area (Å²) in [4.78, 5) is 12.3. The summed E-state index contributed by atoms with van der Waals surface area (Å²) >= 11 is 6.44. The number of carbonyl (C=O) groups excluding carboxylic acids is 1. The molecule has 27 heavy (non-hydrogen) atoms. The predicted octanol–water partition coefficient (Wildman–Crippen LogP) is 3.76. The van der Waals surface area contributed by atoms with Gasteiger partial charge in [0.2, 0.25) is 5.91 Å². The maximum absolute atomic E-state index is 12.3. The van der Waals surface area contributed by atoms with Gasteiger partial charge >= 0.3 is 0 Å². The van der Waals surface area contributed by atoms with Crippen molar-refractivity contribution >= 4 is 17.5 Å². The highest BCUT2D eigenvalue weighted by Gasteiger charge is 2.36. The van der Waals surface area contributed by atoms with E-state index >= 15 is 0 Å². The smallest absolute Gasteiger partial charge is 0.246 e. The molecule has 0 aliphatic carbocycles. The number of hydrogen-bond acceptors (Lipinski definition) is 3. The first-order chi connectivity index (χ1) is 13.2. The lowest BCUT2D eigenvalue weighted by molar-refractivity contribution is -0.126. The molecule has 0 aromatic heterocycles. The Kier molecular flexibility index (Phi) is 7.27. The highest BCUT2D eigenvalue weighted by molar-refractivity contribution is 6.31. The molecule has 0 unspecified atom stereocenters. The molecule has 3 rings (SSSR count). The van der Waals surface area contributed by atoms with Crippen LogP contribution < -0.4 is 5.32 Å². The monoisotopic (exact) mass is 387 g/mol. The number of rotatable bonds is 8. The van der Waals surface area contributed by atoms with Crippen LogP contribution >= 0.6 is 11.6 Å². The van der Waals surface area contributed by atoms with Crippen LogP contribution in [0.5, 0.6) is 0 Å². The molecule has 0 bridgehead atoms. The van der Waals surface area contributed by atoms with Gasteiger partial charge in [-0.2, -0.15) is 0 Å². The van der Waals surface area contributed by atoms with Crippen LogP contribution in [0.3, 0.4) is 0 Å². The lowest BCUT2D eigenvalue weighted by Gasteiger charge is -2.38. The standard InChI is InChI=1S/C22H26ClNO3/c23-20-9-5-4-8-19(20)22(11-14-26-15-12-22)17-24-21(25)16-27-13-10-18-6-2-1-3-7-18/h1-9H,10-17H2,(H,24,25). The fraction of sp³-hybridized carbons (Fsp3) is 0.409. The second kappa shape index (κ2) is 9.88. The van der Waals surface area contributed by atoms with E-state index in [1.807, 2.05) is 36.4 Å². The molecule has 1 heterocycles. The van der Waals surface area contributed by atoms with E-state index < -0.39 is 0 Å². The van der Waals surface area contributed by atoms with E-state index in [2.05, 4.69) is 23.5 Å². The largest absolute Gasteiger partial charge is 0.381 e. The average Bonchev–Trinajstić information content (AvgIpc) is 2.71. The zero-order valence-corrected chi connectivity index (χ0v) is 16.2. The van der Waals surface area contributed by atoms with Gasteiger partial charge < -0.3 is 14.8 Å². The van der Waals surface area contributed by atoms with Gasteiger partial charge in [0.15, 0.2) is 0 Å². The van der Waals surface area contributed by atoms with Gasteiger partial charge in [-0.3, -0.25) is 4.79 Å². The van der Waals surface area contributed by atoms with Crippen molar-refractivity contribution in [3.8, 4) is 0 Å². The Morgan fingerprint density at radius 3 is 2.52 bits per heavy atom. The van der Waals surface area contributed by atoms with Gasteiger partial charge in [-0.1, -0.05) is 60.1 Å². The summed E-state index contributed by atoms with van der Waals surface area (Å²) in [5, 5.41) is 3.78. The predicted molar refractivity (Wildman–Crippen MR) is 107 cm³/mol. The number of halogens is 1. The molecular formula is C22H26ClNO3. The lowest BCUT2D eigenvalue weighted by Crippen LogP contribution is -2.45. The van der Waals surface area contributed by atoms with E-state index in [0.29, 0.717) is 26.4 Å². The van der Waals surface area contributed by atoms with Crippen LogP contribution in [0, 0.1) is 0 Å². The molecule has 5 heteroatoms. The summed E-state index contributed by atoms with van der Waals surface area (Å²) in [5.41, 5.74) is 2.11. The maximum atomic E-state index is 12.3. The minimum absolute atomic E-state index is 0.0714. The summed E-state index contributed by atoms with van der Waals surface area (Å²) in [6.07, 6.45) is 2.48. The highest BCUT2D eigenvalue weighted by atomic mass is 35.5. The van der Waals surface area contributed by atoms with Gasteiger partial charge in [0.25, 0.3) is 0 Å². The van der Waals surface area contributed by atoms with Crippen molar-refractivity contribution in [3.63, 3.8) is 0 Å². The average molecular weight is 388 g/mol. The fourth-order valence-electron chi connectivity index (χ4n) is 3.51. The SMILES string of the molecule is O=C(COCCc1ccccc1)NCC1(c2ccccc2Cl)CCOCC1. The minimum atomic E-state index is -0.184. The Morgan fingerprint density at radius 1 is 1.07 bits per heavy atom. The summed E-state index contributed by atoms with van der Waals surface area (Å²) in [6.45, 7) is 2.49. The van der Waals surface area contributed by atoms with Crippen LogP contribution in [-0.4, -0.2) is 38.9 Å². The van der Waals surface area contributed by atoms with Crippen molar-refractivity contribution < 1.29 is 14.3 Å². The van der Waals surface area contributed by atoms with E-state index in [1.54, 1.807) is 0 Å². The molecule has 2 aromatic carbocycles. The topological polar surface area (TPSA) is 47.6 Å². The number of hydrogen-bond donors (Lipinski definition) is 1. The van der Waals surface area contributed by atoms with Gasteiger partial charge in [-0.05, 0) is 36.5 Å². The molecule has 1 fully saturated rings. The van der Waals surface area contributed by atoms with E-state index in [4.69, 9.17) is 21.1 Å². The van der Waals surface area contributed by atoms with Crippen molar-refractivity contribution in [2.45, 2.75) is 24.7 Å². The van der Waals surface area contributed by atoms with Crippen LogP contribution in [0.2, 0.25) is 5.02 Å². The van der Waals surface area contributed by atoms with Crippen molar-refractivity contribution in [2.75, 3.05) is 33.0 Å². The molecule has 1 aliphatic heterocycles. The quantitative estimate of drug-likeness (QED) is 0.701. The molecule has 2 aromatic rings. The summed E-state index contributed by atoms with van der Waals surface area (Å²) in [6, 6.07) is 18.0. The summed E-state index contributed by atoms with van der Waals surface area (Å²) in [5.74, 6) is -0.0963. The normalized spacial score (nSPS) is 16.0. The molecule has 1 amide bonds. The van der Waals surface area contributed by atoms with Crippen LogP contribution in [0.1, 0.15) is 24.0 Å². The van der Waals surface area contributed by atoms with Gasteiger partial charge in [0.05, 0.1) is 6.61 Å². The molecule has 4 nitrogen and oxygen atoms in total. The number of amides is 1. The zero-order chi connectivity index (χ0) is 19.0. The number of carbonyl (C=O) groups is 1. The first kappa shape index (κ1) is 19.9. The second-order valence-electron chi connectivity index (χ2n) is 6.94. The Hall–Kier alpha value is -1.88. The molecule has 0 radical (unpaired) electrons. The molecule has 0 atom stereocenters. The molecule has 144 valence electrons. The van der Waals surface area contributed by atoms with Crippen molar-refractivity contribution in [3.05, 3.63) is 70.7 Å². The van der Waals surface area contributed by atoms with Gasteiger partial charge in [-0.15, -0.1) is 0 Å². The van der Waals surface area contributed by atoms with Crippen LogP contribution in [0.15, 0.2) is 54.6 Å². The van der Waals surface area contributed by atoms with Crippen LogP contribution in [0.4, 0.5) is 0 Å². The first-order valence-electron chi connectivity index (χ1n) is 9.41. The van der Waals surface area contributed by atoms with E-state index in [-0.39, 0.29) is 17.9 Å². The van der Waals surface area contributed by atoms with E-state index in [9.17, 15) is 4.79 Å². The Bertz CT molecular complexity index is 729. The molecule has 1 N–H and O–H groups in total. The third-order valence-electron chi connectivity index (χ3n) is 5.13. The molecule has 1 aliphatic rings. The fourth-order valence-corrected chi connectivity index (χ4v) is 3.85. The summed E-state index contributed by atoms with van der Waals surface area (Å²) in [7, 11) is 0. The Morgan fingerprint density at radius 2 is 1.78 bits per heavy atom. The molecule has 0 saturated carbocycles. The third kappa shape index (κ3) is 5.55. The summed E-state index contributed by atoms with van der Waals surface area (Å²) < 4.78 is 11.1. The third-order valence-corrected chi connectivity index (χ3v) is 5.46. The van der Waals surface area contributed by atoms with Crippen LogP contribution in [0.25, 0.3) is 0 Å². The highest BCUT2D eigenvalue weighted by Crippen LogP contribution is 2.38. The second-order valence-corrected chi connectivity index (χ2v) is 7.34. The van der Waals surface area contributed by atoms with E-state index in [0.717, 1.165) is 29.8 Å². The van der Waals surface area contributed by atoms with Crippen LogP contribution in [-0.2, 0) is 26.1 Å². The zero-order valence-electron chi connectivity index (χ0n) is 15.5. The minimum Gasteiger partial charge on any atom is -0.381 e. The number of benzene rings is 2. The van der Waals surface area contributed by atoms with Gasteiger partial charge in [0, 0.05) is 30.2 Å². The molecule has 0 spiro atoms.